The summed E-state index contributed by atoms with van der Waals surface area (Å²) in [7, 11) is 0. The Kier molecular flexibility index (Phi) is 11.1. The lowest BCUT2D eigenvalue weighted by Gasteiger charge is -2.36. The number of nitrogens with one attached hydrogen (secondary N) is 1. The predicted molar refractivity (Wildman–Crippen MR) is 287 cm³/mol. The fraction of sp³-hybridized carbons (Fsp3) is 0.383. The van der Waals surface area contributed by atoms with Crippen molar-refractivity contribution >= 4 is 45.2 Å². The summed E-state index contributed by atoms with van der Waals surface area (Å²) in [5, 5.41) is 15.3. The van der Waals surface area contributed by atoms with E-state index in [4.69, 9.17) is 19.1 Å². The van der Waals surface area contributed by atoms with E-state index in [1.807, 2.05) is 82.6 Å². The second-order valence-corrected chi connectivity index (χ2v) is 22.9. The van der Waals surface area contributed by atoms with Gasteiger partial charge in [-0.05, 0) is 143 Å². The molecule has 4 atom stereocenters. The minimum Gasteiger partial charge on any atom is -0.376 e. The normalized spacial score (nSPS) is 23.1. The van der Waals surface area contributed by atoms with Crippen LogP contribution in [0.2, 0.25) is 0 Å². The number of halogens is 2. The summed E-state index contributed by atoms with van der Waals surface area (Å²) in [6.45, 7) is 9.67. The molecule has 16 nitrogen and oxygen atoms in total. The van der Waals surface area contributed by atoms with Gasteiger partial charge in [-0.1, -0.05) is 47.6 Å². The van der Waals surface area contributed by atoms with Gasteiger partial charge < -0.3 is 18.9 Å². The van der Waals surface area contributed by atoms with Gasteiger partial charge in [-0.15, -0.1) is 0 Å². The number of carbonyl (C=O) groups is 1. The summed E-state index contributed by atoms with van der Waals surface area (Å²) in [6, 6.07) is 26.9. The summed E-state index contributed by atoms with van der Waals surface area (Å²) < 4.78 is 55.8. The van der Waals surface area contributed by atoms with Crippen LogP contribution in [0.3, 0.4) is 0 Å². The second-order valence-electron chi connectivity index (χ2n) is 22.9. The van der Waals surface area contributed by atoms with Gasteiger partial charge in [-0.25, -0.2) is 23.1 Å². The molecule has 1 N–H and O–H groups in total. The molecule has 6 aliphatic rings. The summed E-state index contributed by atoms with van der Waals surface area (Å²) in [5.41, 5.74) is 4.82. The molecule has 1 saturated heterocycles. The second kappa shape index (κ2) is 17.8. The van der Waals surface area contributed by atoms with Gasteiger partial charge in [-0.3, -0.25) is 28.8 Å². The number of nitrogens with zero attached hydrogens (tertiary/aromatic N) is 9. The topological polar surface area (TPSA) is 162 Å². The largest absolute Gasteiger partial charge is 0.438 e. The molecule has 18 heteroatoms. The van der Waals surface area contributed by atoms with Gasteiger partial charge in [0.05, 0.1) is 65.1 Å². The molecule has 0 unspecified atom stereocenters. The first-order chi connectivity index (χ1) is 37.7. The minimum absolute atomic E-state index is 0.0156. The predicted octanol–water partition coefficient (Wildman–Crippen LogP) is 10.5. The molecule has 4 aromatic carbocycles. The van der Waals surface area contributed by atoms with Gasteiger partial charge in [0.2, 0.25) is 5.82 Å². The van der Waals surface area contributed by atoms with Crippen molar-refractivity contribution in [1.82, 2.24) is 39.2 Å². The molecule has 14 rings (SSSR count). The highest BCUT2D eigenvalue weighted by Crippen LogP contribution is 2.57. The molecule has 0 spiro atoms. The van der Waals surface area contributed by atoms with Crippen LogP contribution in [-0.4, -0.2) is 76.4 Å². The molecule has 3 aliphatic heterocycles. The Bertz CT molecular complexity index is 3890. The Morgan fingerprint density at radius 3 is 2.51 bits per heavy atom. The number of amides is 1. The molecular weight excluding hydrogens is 995 g/mol. The van der Waals surface area contributed by atoms with E-state index in [1.54, 1.807) is 34.1 Å². The molecule has 8 aromatic rings. The number of aryl methyl sites for hydroxylation is 1. The average Bonchev–Trinajstić information content (AvgIpc) is 4.20. The van der Waals surface area contributed by atoms with E-state index in [9.17, 15) is 9.59 Å². The van der Waals surface area contributed by atoms with E-state index >= 15 is 13.6 Å². The number of fused-ring (bicyclic) bond motifs is 3. The Morgan fingerprint density at radius 1 is 0.962 bits per heavy atom. The first kappa shape index (κ1) is 48.5. The number of alkyl halides is 1. The van der Waals surface area contributed by atoms with Crippen LogP contribution in [0.25, 0.3) is 27.5 Å². The van der Waals surface area contributed by atoms with Crippen molar-refractivity contribution < 1.29 is 32.4 Å². The van der Waals surface area contributed by atoms with Crippen LogP contribution < -0.4 is 15.6 Å². The van der Waals surface area contributed by atoms with Crippen LogP contribution in [0.4, 0.5) is 20.3 Å². The summed E-state index contributed by atoms with van der Waals surface area (Å²) in [4.78, 5) is 50.3. The molecule has 0 radical (unpaired) electrons. The monoisotopic (exact) mass is 1050 g/mol. The smallest absolute Gasteiger partial charge is 0.376 e. The van der Waals surface area contributed by atoms with E-state index in [0.29, 0.717) is 96.3 Å². The Labute approximate surface area is 447 Å². The van der Waals surface area contributed by atoms with Gasteiger partial charge in [0.15, 0.2) is 17.6 Å². The lowest BCUT2D eigenvalue weighted by atomic mass is 9.83. The average molecular weight is 1050 g/mol. The highest BCUT2D eigenvalue weighted by Gasteiger charge is 2.62. The van der Waals surface area contributed by atoms with Crippen molar-refractivity contribution in [3.8, 4) is 5.69 Å². The van der Waals surface area contributed by atoms with Crippen LogP contribution in [0.1, 0.15) is 134 Å². The number of H-pyrrole nitrogens is 1. The van der Waals surface area contributed by atoms with Crippen LogP contribution in [-0.2, 0) is 38.5 Å². The summed E-state index contributed by atoms with van der Waals surface area (Å²) >= 11 is 0. The van der Waals surface area contributed by atoms with Crippen molar-refractivity contribution in [3.05, 3.63) is 171 Å². The molecule has 4 fully saturated rings. The fourth-order valence-electron chi connectivity index (χ4n) is 13.0. The molecule has 1 amide bonds. The van der Waals surface area contributed by atoms with E-state index in [2.05, 4.69) is 53.2 Å². The third-order valence-electron chi connectivity index (χ3n) is 17.3. The molecule has 78 heavy (non-hydrogen) atoms. The number of aromatic nitrogens is 7. The number of ether oxygens (including phenoxy) is 2. The quantitative estimate of drug-likeness (QED) is 0.109. The number of hydrogen-bond donors (Lipinski definition) is 1. The van der Waals surface area contributed by atoms with E-state index in [-0.39, 0.29) is 47.4 Å². The standard InChI is InChI=1S/C60H58F2N10O6/c1-35-26-43(13-14-45(35)59(62)20-21-59)72-54(69-24-23-68(51(69)32-73)49-17-16-48-44(53(49)61)31-63-71(48)42-11-12-42)52-36(2)67(22-18-46(52)65-72)55(74)50-28-40-27-38(39-19-25-77-58(3,4)29-39)10-15-47(40)70(50)60(56-64-57(75)78-66-56)30-41(60)34-76-33-37-8-6-5-7-9-37/h5-10,13-17,23-24,26-28,31,36,39,41-42H,11-12,18-22,25,29-30,33-34H2,1-4H3,(H,64,66,75)/t36-,39-,41+,60-/m0/s1. The summed E-state index contributed by atoms with van der Waals surface area (Å²) in [6.07, 6.45) is 10.2. The van der Waals surface area contributed by atoms with Crippen molar-refractivity contribution in [2.75, 3.05) is 29.6 Å². The van der Waals surface area contributed by atoms with Crippen LogP contribution in [0.5, 0.6) is 0 Å². The SMILES string of the molecule is Cc1cc(-n2nc3c(c2N2C=CN(c4ccc5c(cnn5C5CC5)c4F)C2=C=O)[C@H](C)N(C(=O)c2cc4cc([C@H]5CCOC(C)(C)C5)ccc4n2[C@@]2(c4noc(=O)[nH]4)C[C@@H]2COCc2ccccc2)CC3)ccc1C1(F)CC1. The van der Waals surface area contributed by atoms with Crippen molar-refractivity contribution in [1.29, 1.82) is 0 Å². The molecule has 3 aliphatic carbocycles. The van der Waals surface area contributed by atoms with E-state index in [0.717, 1.165) is 53.3 Å². The van der Waals surface area contributed by atoms with E-state index < -0.39 is 28.8 Å². The molecular formula is C60H58F2N10O6. The van der Waals surface area contributed by atoms with Gasteiger partial charge in [0.25, 0.3) is 5.91 Å². The number of carbonyl (C=O) groups excluding carboxylic acids is 2. The third kappa shape index (κ3) is 7.81. The van der Waals surface area contributed by atoms with Crippen LogP contribution in [0, 0.1) is 18.7 Å². The van der Waals surface area contributed by atoms with Crippen molar-refractivity contribution in [2.24, 2.45) is 5.92 Å². The molecule has 7 heterocycles. The van der Waals surface area contributed by atoms with Crippen LogP contribution in [0.15, 0.2) is 119 Å². The Hall–Kier alpha value is -7.92. The number of rotatable bonds is 13. The molecule has 0 bridgehead atoms. The van der Waals surface area contributed by atoms with Crippen molar-refractivity contribution in [2.45, 2.75) is 120 Å². The molecule has 4 aromatic heterocycles. The van der Waals surface area contributed by atoms with Gasteiger partial charge in [0, 0.05) is 54.4 Å². The van der Waals surface area contributed by atoms with E-state index in [1.165, 1.54) is 11.1 Å². The minimum atomic E-state index is -1.38. The lowest BCUT2D eigenvalue weighted by molar-refractivity contribution is -0.0592. The lowest BCUT2D eigenvalue weighted by Crippen LogP contribution is -2.41. The number of anilines is 2. The molecule has 398 valence electrons. The third-order valence-corrected chi connectivity index (χ3v) is 17.3. The first-order valence-electron chi connectivity index (χ1n) is 27.1. The van der Waals surface area contributed by atoms with Gasteiger partial charge >= 0.3 is 5.76 Å². The fourth-order valence-corrected chi connectivity index (χ4v) is 13.0. The maximum Gasteiger partial charge on any atom is 0.438 e. The number of aromatic amines is 1. The van der Waals surface area contributed by atoms with Gasteiger partial charge in [-0.2, -0.15) is 10.2 Å². The van der Waals surface area contributed by atoms with Crippen LogP contribution >= 0.6 is 0 Å². The number of hydrogen-bond acceptors (Lipinski definition) is 11. The van der Waals surface area contributed by atoms with Gasteiger partial charge in [0.1, 0.15) is 22.7 Å². The maximum absolute atomic E-state index is 16.7. The highest BCUT2D eigenvalue weighted by atomic mass is 19.1. The Morgan fingerprint density at radius 2 is 1.77 bits per heavy atom. The maximum atomic E-state index is 16.7. The zero-order valence-corrected chi connectivity index (χ0v) is 43.8. The summed E-state index contributed by atoms with van der Waals surface area (Å²) in [5.74, 6) is 1.37. The number of benzene rings is 4. The Balaban J connectivity index is 0.877. The zero-order valence-electron chi connectivity index (χ0n) is 43.8. The highest BCUT2D eigenvalue weighted by molar-refractivity contribution is 6.00. The zero-order chi connectivity index (χ0) is 53.4. The first-order valence-corrected chi connectivity index (χ1v) is 27.1. The van der Waals surface area contributed by atoms with Crippen molar-refractivity contribution in [3.63, 3.8) is 0 Å². The molecule has 3 saturated carbocycles.